The Hall–Kier alpha value is -2.52. The standard InChI is InChI=1S/C20H22N4O3S2/c1-13-9-15-10-14(7-8-19(15)24(13)29(3,25)26)18-12-28-20(23-22-18)21-16-5-4-6-17(11-16)27-2/h4-8,10-11,13H,9,12H2,1-3H3,(H,21,23). The average Bonchev–Trinajstić information content (AvgIpc) is 3.04. The molecule has 2 aliphatic rings. The number of nitrogens with zero attached hydrogens (tertiary/aromatic N) is 3. The summed E-state index contributed by atoms with van der Waals surface area (Å²) in [4.78, 5) is 4.57. The Labute approximate surface area is 174 Å². The molecular formula is C20H22N4O3S2. The summed E-state index contributed by atoms with van der Waals surface area (Å²) in [5.41, 5.74) is 7.51. The second-order valence-corrected chi connectivity index (χ2v) is 9.86. The van der Waals surface area contributed by atoms with Crippen molar-refractivity contribution in [3.63, 3.8) is 0 Å². The predicted octanol–water partition coefficient (Wildman–Crippen LogP) is 3.13. The van der Waals surface area contributed by atoms with E-state index in [-0.39, 0.29) is 6.04 Å². The highest BCUT2D eigenvalue weighted by molar-refractivity contribution is 8.14. The molecule has 0 spiro atoms. The fourth-order valence-corrected chi connectivity index (χ4v) is 5.66. The highest BCUT2D eigenvalue weighted by atomic mass is 32.2. The van der Waals surface area contributed by atoms with Crippen LogP contribution in [-0.4, -0.2) is 44.5 Å². The molecule has 2 aromatic carbocycles. The summed E-state index contributed by atoms with van der Waals surface area (Å²) < 4.78 is 30.9. The molecule has 152 valence electrons. The number of fused-ring (bicyclic) bond motifs is 1. The van der Waals surface area contributed by atoms with Crippen molar-refractivity contribution in [2.75, 3.05) is 23.4 Å². The Bertz CT molecular complexity index is 1110. The van der Waals surface area contributed by atoms with E-state index < -0.39 is 10.0 Å². The number of rotatable bonds is 4. The number of hydrogen-bond acceptors (Lipinski definition) is 6. The number of thioether (sulfide) groups is 1. The van der Waals surface area contributed by atoms with E-state index in [1.807, 2.05) is 49.4 Å². The van der Waals surface area contributed by atoms with Crippen molar-refractivity contribution in [1.82, 2.24) is 5.43 Å². The molecule has 1 atom stereocenters. The van der Waals surface area contributed by atoms with Crippen LogP contribution < -0.4 is 14.5 Å². The van der Waals surface area contributed by atoms with E-state index in [2.05, 4.69) is 15.5 Å². The maximum Gasteiger partial charge on any atom is 0.232 e. The van der Waals surface area contributed by atoms with Gasteiger partial charge in [0.25, 0.3) is 0 Å². The normalized spacial score (nSPS) is 20.2. The van der Waals surface area contributed by atoms with Crippen molar-refractivity contribution in [2.24, 2.45) is 10.1 Å². The molecule has 0 amide bonds. The highest BCUT2D eigenvalue weighted by Gasteiger charge is 2.32. The first-order valence-corrected chi connectivity index (χ1v) is 12.0. The van der Waals surface area contributed by atoms with Gasteiger partial charge in [0.1, 0.15) is 5.75 Å². The molecular weight excluding hydrogens is 408 g/mol. The fraction of sp³-hybridized carbons (Fsp3) is 0.300. The van der Waals surface area contributed by atoms with Gasteiger partial charge in [0.15, 0.2) is 5.17 Å². The average molecular weight is 431 g/mol. The van der Waals surface area contributed by atoms with E-state index >= 15 is 0 Å². The molecule has 4 rings (SSSR count). The van der Waals surface area contributed by atoms with Gasteiger partial charge in [-0.05, 0) is 48.7 Å². The Kier molecular flexibility index (Phi) is 5.26. The molecule has 7 nitrogen and oxygen atoms in total. The lowest BCUT2D eigenvalue weighted by Gasteiger charge is -2.22. The molecule has 2 aromatic rings. The Morgan fingerprint density at radius 1 is 1.28 bits per heavy atom. The minimum absolute atomic E-state index is 0.0716. The molecule has 1 N–H and O–H groups in total. The molecule has 0 bridgehead atoms. The first-order chi connectivity index (χ1) is 13.8. The minimum atomic E-state index is -3.28. The SMILES string of the molecule is COc1cccc(N=C2NN=C(c3ccc4c(c3)CC(C)N4S(C)(=O)=O)CS2)c1. The van der Waals surface area contributed by atoms with Gasteiger partial charge in [-0.1, -0.05) is 23.9 Å². The van der Waals surface area contributed by atoms with Crippen LogP contribution in [0.2, 0.25) is 0 Å². The summed E-state index contributed by atoms with van der Waals surface area (Å²) in [6.07, 6.45) is 1.95. The van der Waals surface area contributed by atoms with Crippen molar-refractivity contribution < 1.29 is 13.2 Å². The van der Waals surface area contributed by atoms with Gasteiger partial charge in [-0.3, -0.25) is 9.73 Å². The molecule has 2 aliphatic heterocycles. The van der Waals surface area contributed by atoms with E-state index in [0.29, 0.717) is 12.2 Å². The first-order valence-electron chi connectivity index (χ1n) is 9.16. The molecule has 1 unspecified atom stereocenters. The van der Waals surface area contributed by atoms with Gasteiger partial charge in [-0.25, -0.2) is 13.4 Å². The van der Waals surface area contributed by atoms with E-state index in [0.717, 1.165) is 39.1 Å². The first kappa shape index (κ1) is 19.8. The maximum atomic E-state index is 12.1. The highest BCUT2D eigenvalue weighted by Crippen LogP contribution is 2.35. The summed E-state index contributed by atoms with van der Waals surface area (Å²) in [5.74, 6) is 1.44. The molecule has 29 heavy (non-hydrogen) atoms. The molecule has 9 heteroatoms. The Morgan fingerprint density at radius 3 is 2.79 bits per heavy atom. The molecule has 0 fully saturated rings. The number of anilines is 1. The van der Waals surface area contributed by atoms with Gasteiger partial charge in [0.05, 0.1) is 30.5 Å². The minimum Gasteiger partial charge on any atom is -0.497 e. The third kappa shape index (κ3) is 4.11. The third-order valence-electron chi connectivity index (χ3n) is 4.84. The zero-order chi connectivity index (χ0) is 20.6. The molecule has 0 saturated carbocycles. The summed E-state index contributed by atoms with van der Waals surface area (Å²) in [7, 11) is -1.66. The van der Waals surface area contributed by atoms with Gasteiger partial charge < -0.3 is 4.74 Å². The van der Waals surface area contributed by atoms with E-state index in [1.165, 1.54) is 10.6 Å². The quantitative estimate of drug-likeness (QED) is 0.806. The van der Waals surface area contributed by atoms with E-state index in [1.54, 1.807) is 18.9 Å². The number of methoxy groups -OCH3 is 1. The topological polar surface area (TPSA) is 83.4 Å². The predicted molar refractivity (Wildman–Crippen MR) is 119 cm³/mol. The zero-order valence-electron chi connectivity index (χ0n) is 16.4. The van der Waals surface area contributed by atoms with Crippen molar-refractivity contribution in [1.29, 1.82) is 0 Å². The van der Waals surface area contributed by atoms with Crippen LogP contribution in [0, 0.1) is 0 Å². The molecule has 0 aromatic heterocycles. The van der Waals surface area contributed by atoms with Crippen molar-refractivity contribution in [2.45, 2.75) is 19.4 Å². The lowest BCUT2D eigenvalue weighted by Crippen LogP contribution is -2.34. The smallest absolute Gasteiger partial charge is 0.232 e. The number of benzene rings is 2. The van der Waals surface area contributed by atoms with Crippen LogP contribution in [0.5, 0.6) is 5.75 Å². The lowest BCUT2D eigenvalue weighted by atomic mass is 10.0. The van der Waals surface area contributed by atoms with Gasteiger partial charge in [0.2, 0.25) is 10.0 Å². The second kappa shape index (κ2) is 7.72. The van der Waals surface area contributed by atoms with Crippen molar-refractivity contribution in [3.8, 4) is 5.75 Å². The van der Waals surface area contributed by atoms with Gasteiger partial charge in [-0.2, -0.15) is 5.10 Å². The summed E-state index contributed by atoms with van der Waals surface area (Å²) in [6, 6.07) is 13.3. The summed E-state index contributed by atoms with van der Waals surface area (Å²) in [6.45, 7) is 1.93. The number of hydrogen-bond donors (Lipinski definition) is 1. The molecule has 0 saturated heterocycles. The van der Waals surface area contributed by atoms with Gasteiger partial charge in [0, 0.05) is 17.9 Å². The van der Waals surface area contributed by atoms with Crippen molar-refractivity contribution >= 4 is 44.0 Å². The van der Waals surface area contributed by atoms with Crippen LogP contribution in [0.15, 0.2) is 52.6 Å². The third-order valence-corrected chi connectivity index (χ3v) is 6.98. The van der Waals surface area contributed by atoms with Crippen LogP contribution in [0.1, 0.15) is 18.1 Å². The van der Waals surface area contributed by atoms with Crippen LogP contribution in [0.3, 0.4) is 0 Å². The Balaban J connectivity index is 1.54. The van der Waals surface area contributed by atoms with Crippen LogP contribution in [-0.2, 0) is 16.4 Å². The molecule has 0 radical (unpaired) electrons. The monoisotopic (exact) mass is 430 g/mol. The number of ether oxygens (including phenoxy) is 1. The van der Waals surface area contributed by atoms with Gasteiger partial charge in [-0.15, -0.1) is 0 Å². The number of hydrazone groups is 1. The van der Waals surface area contributed by atoms with E-state index in [4.69, 9.17) is 4.74 Å². The second-order valence-electron chi connectivity index (χ2n) is 7.03. The Morgan fingerprint density at radius 2 is 2.10 bits per heavy atom. The van der Waals surface area contributed by atoms with Crippen LogP contribution >= 0.6 is 11.8 Å². The van der Waals surface area contributed by atoms with Gasteiger partial charge >= 0.3 is 0 Å². The summed E-state index contributed by atoms with van der Waals surface area (Å²) in [5, 5.41) is 5.21. The molecule has 2 heterocycles. The number of sulfonamides is 1. The van der Waals surface area contributed by atoms with E-state index in [9.17, 15) is 8.42 Å². The lowest BCUT2D eigenvalue weighted by molar-refractivity contribution is 0.415. The zero-order valence-corrected chi connectivity index (χ0v) is 18.0. The van der Waals surface area contributed by atoms with Crippen molar-refractivity contribution in [3.05, 3.63) is 53.6 Å². The van der Waals surface area contributed by atoms with Crippen LogP contribution in [0.25, 0.3) is 0 Å². The van der Waals surface area contributed by atoms with Crippen LogP contribution in [0.4, 0.5) is 11.4 Å². The fourth-order valence-electron chi connectivity index (χ4n) is 3.61. The number of nitrogens with one attached hydrogen (secondary N) is 1. The molecule has 0 aliphatic carbocycles. The number of amidine groups is 1. The maximum absolute atomic E-state index is 12.1. The summed E-state index contributed by atoms with van der Waals surface area (Å²) >= 11 is 1.57. The number of aliphatic imine (C=N–C) groups is 1. The largest absolute Gasteiger partial charge is 0.497 e.